The molecule has 0 fully saturated rings. The van der Waals surface area contributed by atoms with Crippen LogP contribution in [0.5, 0.6) is 5.75 Å². The number of ether oxygens (including phenoxy) is 1. The fourth-order valence-corrected chi connectivity index (χ4v) is 2.75. The van der Waals surface area contributed by atoms with Gasteiger partial charge >= 0.3 is 5.97 Å². The van der Waals surface area contributed by atoms with Gasteiger partial charge in [0.2, 0.25) is 5.82 Å². The van der Waals surface area contributed by atoms with E-state index in [4.69, 9.17) is 10.5 Å². The maximum Gasteiger partial charge on any atom is 0.354 e. The van der Waals surface area contributed by atoms with Gasteiger partial charge in [-0.25, -0.2) is 9.78 Å². The summed E-state index contributed by atoms with van der Waals surface area (Å²) in [5.74, 6) is -3.51. The van der Waals surface area contributed by atoms with Gasteiger partial charge in [-0.15, -0.1) is 5.10 Å². The van der Waals surface area contributed by atoms with Crippen LogP contribution in [-0.4, -0.2) is 55.0 Å². The summed E-state index contributed by atoms with van der Waals surface area (Å²) in [5.41, 5.74) is 5.59. The minimum absolute atomic E-state index is 0.0659. The van der Waals surface area contributed by atoms with Crippen molar-refractivity contribution in [2.24, 2.45) is 5.73 Å². The van der Waals surface area contributed by atoms with Crippen LogP contribution in [0.1, 0.15) is 37.2 Å². The average molecular weight is 411 g/mol. The summed E-state index contributed by atoms with van der Waals surface area (Å²) < 4.78 is 6.08. The number of anilines is 1. The molecule has 0 aliphatic carbocycles. The molecule has 4 rings (SSSR count). The normalized spacial score (nSPS) is 12.6. The third kappa shape index (κ3) is 3.46. The number of nitrogens with zero attached hydrogens (tertiary/aromatic N) is 4. The summed E-state index contributed by atoms with van der Waals surface area (Å²) in [5, 5.41) is 18.3. The maximum atomic E-state index is 12.5. The zero-order valence-corrected chi connectivity index (χ0v) is 15.1. The van der Waals surface area contributed by atoms with Gasteiger partial charge in [-0.1, -0.05) is 6.07 Å². The van der Waals surface area contributed by atoms with Crippen LogP contribution in [0.2, 0.25) is 0 Å². The SMILES string of the molecule is NC(=O)c1nc2nc(C(=O)NCc3ccc4c(c3)NC(=O)CO4)cc(C(=O)O)n2n1. The van der Waals surface area contributed by atoms with E-state index in [0.717, 1.165) is 10.6 Å². The Bertz CT molecular complexity index is 1230. The van der Waals surface area contributed by atoms with Crippen molar-refractivity contribution in [1.29, 1.82) is 0 Å². The Morgan fingerprint density at radius 3 is 2.80 bits per heavy atom. The van der Waals surface area contributed by atoms with Gasteiger partial charge in [0.1, 0.15) is 11.4 Å². The molecule has 3 heterocycles. The highest BCUT2D eigenvalue weighted by Crippen LogP contribution is 2.28. The summed E-state index contributed by atoms with van der Waals surface area (Å²) in [4.78, 5) is 54.4. The van der Waals surface area contributed by atoms with Gasteiger partial charge in [-0.3, -0.25) is 14.4 Å². The van der Waals surface area contributed by atoms with Crippen LogP contribution < -0.4 is 21.1 Å². The molecule has 0 radical (unpaired) electrons. The van der Waals surface area contributed by atoms with Gasteiger partial charge in [0, 0.05) is 12.6 Å². The summed E-state index contributed by atoms with van der Waals surface area (Å²) in [7, 11) is 0. The molecular weight excluding hydrogens is 398 g/mol. The molecule has 152 valence electrons. The number of nitrogens with two attached hydrogens (primary N) is 1. The van der Waals surface area contributed by atoms with Gasteiger partial charge < -0.3 is 26.2 Å². The molecule has 5 N–H and O–H groups in total. The third-order valence-electron chi connectivity index (χ3n) is 4.11. The Hall–Kier alpha value is -4.55. The number of amides is 3. The van der Waals surface area contributed by atoms with Crippen molar-refractivity contribution in [3.8, 4) is 5.75 Å². The van der Waals surface area contributed by atoms with Crippen molar-refractivity contribution in [2.45, 2.75) is 6.54 Å². The second-order valence-corrected chi connectivity index (χ2v) is 6.19. The number of hydrogen-bond acceptors (Lipinski definition) is 8. The van der Waals surface area contributed by atoms with Gasteiger partial charge in [0.25, 0.3) is 23.5 Å². The lowest BCUT2D eigenvalue weighted by molar-refractivity contribution is -0.118. The van der Waals surface area contributed by atoms with E-state index in [1.165, 1.54) is 0 Å². The van der Waals surface area contributed by atoms with Crippen LogP contribution in [0.3, 0.4) is 0 Å². The first-order chi connectivity index (χ1) is 14.3. The quantitative estimate of drug-likeness (QED) is 0.415. The number of hydrogen-bond donors (Lipinski definition) is 4. The van der Waals surface area contributed by atoms with Crippen LogP contribution in [0.25, 0.3) is 5.78 Å². The lowest BCUT2D eigenvalue weighted by Crippen LogP contribution is -2.27. The van der Waals surface area contributed by atoms with Gasteiger partial charge in [0.05, 0.1) is 5.69 Å². The number of rotatable bonds is 5. The molecule has 3 aromatic rings. The van der Waals surface area contributed by atoms with Crippen molar-refractivity contribution in [3.05, 3.63) is 47.0 Å². The Labute approximate surface area is 166 Å². The number of carbonyl (C=O) groups is 4. The van der Waals surface area contributed by atoms with E-state index in [1.54, 1.807) is 18.2 Å². The van der Waals surface area contributed by atoms with Crippen molar-refractivity contribution >= 4 is 35.2 Å². The summed E-state index contributed by atoms with van der Waals surface area (Å²) >= 11 is 0. The number of primary amides is 1. The number of carboxylic acids is 1. The van der Waals surface area contributed by atoms with Crippen molar-refractivity contribution < 1.29 is 29.0 Å². The molecule has 0 bridgehead atoms. The minimum Gasteiger partial charge on any atom is -0.482 e. The van der Waals surface area contributed by atoms with Crippen LogP contribution in [0.4, 0.5) is 5.69 Å². The number of nitrogens with one attached hydrogen (secondary N) is 2. The third-order valence-corrected chi connectivity index (χ3v) is 4.11. The Morgan fingerprint density at radius 2 is 2.07 bits per heavy atom. The van der Waals surface area contributed by atoms with E-state index in [2.05, 4.69) is 25.7 Å². The molecule has 0 unspecified atom stereocenters. The highest BCUT2D eigenvalue weighted by molar-refractivity contribution is 5.97. The van der Waals surface area contributed by atoms with Crippen LogP contribution in [-0.2, 0) is 11.3 Å². The maximum absolute atomic E-state index is 12.5. The van der Waals surface area contributed by atoms with Crippen LogP contribution >= 0.6 is 0 Å². The second kappa shape index (κ2) is 7.12. The smallest absolute Gasteiger partial charge is 0.354 e. The van der Waals surface area contributed by atoms with E-state index in [-0.39, 0.29) is 30.5 Å². The van der Waals surface area contributed by atoms with Gasteiger partial charge in [-0.2, -0.15) is 9.50 Å². The zero-order valence-electron chi connectivity index (χ0n) is 15.1. The first-order valence-corrected chi connectivity index (χ1v) is 8.46. The number of aromatic nitrogens is 4. The topological polar surface area (TPSA) is 191 Å². The minimum atomic E-state index is -1.40. The second-order valence-electron chi connectivity index (χ2n) is 6.19. The van der Waals surface area contributed by atoms with Crippen molar-refractivity contribution in [1.82, 2.24) is 24.9 Å². The largest absolute Gasteiger partial charge is 0.482 e. The molecular formula is C17H13N7O6. The fourth-order valence-electron chi connectivity index (χ4n) is 2.75. The fraction of sp³-hybridized carbons (Fsp3) is 0.118. The summed E-state index contributed by atoms with van der Waals surface area (Å²) in [6.07, 6.45) is 0. The number of aromatic carboxylic acids is 1. The monoisotopic (exact) mass is 411 g/mol. The van der Waals surface area contributed by atoms with Crippen LogP contribution in [0, 0.1) is 0 Å². The number of carboxylic acid groups (broad SMARTS) is 1. The molecule has 2 aromatic heterocycles. The van der Waals surface area contributed by atoms with E-state index in [1.807, 2.05) is 0 Å². The Balaban J connectivity index is 1.57. The zero-order chi connectivity index (χ0) is 21.4. The molecule has 30 heavy (non-hydrogen) atoms. The Morgan fingerprint density at radius 1 is 1.27 bits per heavy atom. The summed E-state index contributed by atoms with van der Waals surface area (Å²) in [6, 6.07) is 6.01. The molecule has 0 saturated heterocycles. The number of fused-ring (bicyclic) bond motifs is 2. The van der Waals surface area contributed by atoms with Crippen molar-refractivity contribution in [2.75, 3.05) is 11.9 Å². The van der Waals surface area contributed by atoms with Crippen LogP contribution in [0.15, 0.2) is 24.3 Å². The van der Waals surface area contributed by atoms with E-state index in [9.17, 15) is 24.3 Å². The molecule has 3 amide bonds. The highest BCUT2D eigenvalue weighted by atomic mass is 16.5. The first kappa shape index (κ1) is 18.8. The molecule has 0 saturated carbocycles. The summed E-state index contributed by atoms with van der Waals surface area (Å²) in [6.45, 7) is -0.000284. The number of benzene rings is 1. The lowest BCUT2D eigenvalue weighted by atomic mass is 10.1. The predicted molar refractivity (Wildman–Crippen MR) is 98.0 cm³/mol. The molecule has 13 nitrogen and oxygen atoms in total. The van der Waals surface area contributed by atoms with Gasteiger partial charge in [0.15, 0.2) is 12.3 Å². The molecule has 13 heteroatoms. The standard InChI is InChI=1S/C17H13N7O6/c18-13(26)14-22-17-21-9(4-10(16(28)29)24(17)23-14)15(27)19-5-7-1-2-11-8(3-7)20-12(25)6-30-11/h1-4H,5-6H2,(H2,18,26)(H,19,27)(H,20,25)(H,28,29). The molecule has 0 spiro atoms. The first-order valence-electron chi connectivity index (χ1n) is 8.46. The predicted octanol–water partition coefficient (Wildman–Crippen LogP) is -0.818. The lowest BCUT2D eigenvalue weighted by Gasteiger charge is -2.18. The molecule has 1 aliphatic rings. The van der Waals surface area contributed by atoms with E-state index in [0.29, 0.717) is 17.0 Å². The molecule has 1 aromatic carbocycles. The Kier molecular flexibility index (Phi) is 4.46. The van der Waals surface area contributed by atoms with E-state index >= 15 is 0 Å². The average Bonchev–Trinajstić information content (AvgIpc) is 3.15. The molecule has 0 atom stereocenters. The molecule has 1 aliphatic heterocycles. The van der Waals surface area contributed by atoms with E-state index < -0.39 is 29.3 Å². The number of carbonyl (C=O) groups excluding carboxylic acids is 3. The highest BCUT2D eigenvalue weighted by Gasteiger charge is 2.21. The van der Waals surface area contributed by atoms with Crippen molar-refractivity contribution in [3.63, 3.8) is 0 Å². The van der Waals surface area contributed by atoms with Gasteiger partial charge in [-0.05, 0) is 17.7 Å².